The van der Waals surface area contributed by atoms with E-state index in [2.05, 4.69) is 15.3 Å². The number of benzene rings is 2. The zero-order valence-corrected chi connectivity index (χ0v) is 12.8. The zero-order chi connectivity index (χ0) is 16.1. The van der Waals surface area contributed by atoms with Crippen LogP contribution in [0.2, 0.25) is 0 Å². The third-order valence-electron chi connectivity index (χ3n) is 3.00. The van der Waals surface area contributed by atoms with E-state index in [1.807, 2.05) is 30.3 Å². The highest BCUT2D eigenvalue weighted by molar-refractivity contribution is 7.71. The van der Waals surface area contributed by atoms with E-state index in [1.165, 1.54) is 23.0 Å². The van der Waals surface area contributed by atoms with Gasteiger partial charge in [-0.1, -0.05) is 30.3 Å². The molecule has 0 radical (unpaired) electrons. The van der Waals surface area contributed by atoms with Crippen molar-refractivity contribution in [3.63, 3.8) is 0 Å². The van der Waals surface area contributed by atoms with Crippen molar-refractivity contribution in [2.24, 2.45) is 5.10 Å². The van der Waals surface area contributed by atoms with Crippen molar-refractivity contribution in [2.45, 2.75) is 6.61 Å². The van der Waals surface area contributed by atoms with Crippen molar-refractivity contribution < 1.29 is 9.13 Å². The van der Waals surface area contributed by atoms with Crippen LogP contribution in [0.15, 0.2) is 59.7 Å². The van der Waals surface area contributed by atoms with Crippen LogP contribution in [-0.4, -0.2) is 21.1 Å². The standard InChI is InChI=1S/C16H13FN4OS/c17-13-6-4-5-12(9-13)10-18-21-15(19-20-16(21)23)11-22-14-7-2-1-3-8-14/h1-10H,11H2,(H,20,23)/b18-10-. The molecule has 1 N–H and O–H groups in total. The summed E-state index contributed by atoms with van der Waals surface area (Å²) in [4.78, 5) is 0. The SMILES string of the molecule is Fc1cccc(/C=N\n2c(COc3ccccc3)n[nH]c2=S)c1. The van der Waals surface area contributed by atoms with Gasteiger partial charge in [-0.15, -0.1) is 0 Å². The van der Waals surface area contributed by atoms with Crippen LogP contribution in [0, 0.1) is 10.6 Å². The van der Waals surface area contributed by atoms with Gasteiger partial charge < -0.3 is 4.74 Å². The Kier molecular flexibility index (Phi) is 4.58. The zero-order valence-electron chi connectivity index (χ0n) is 12.0. The molecule has 0 spiro atoms. The molecule has 3 rings (SSSR count). The van der Waals surface area contributed by atoms with E-state index in [4.69, 9.17) is 17.0 Å². The molecule has 0 unspecified atom stereocenters. The maximum Gasteiger partial charge on any atom is 0.216 e. The van der Waals surface area contributed by atoms with Crippen molar-refractivity contribution in [1.82, 2.24) is 14.9 Å². The molecule has 0 amide bonds. The van der Waals surface area contributed by atoms with E-state index in [1.54, 1.807) is 12.1 Å². The second-order valence-electron chi connectivity index (χ2n) is 4.66. The average Bonchev–Trinajstić information content (AvgIpc) is 2.92. The second-order valence-corrected chi connectivity index (χ2v) is 5.04. The first-order chi connectivity index (χ1) is 11.2. The van der Waals surface area contributed by atoms with Crippen molar-refractivity contribution in [2.75, 3.05) is 0 Å². The number of para-hydroxylation sites is 1. The fourth-order valence-corrected chi connectivity index (χ4v) is 2.11. The minimum absolute atomic E-state index is 0.206. The molecular formula is C16H13FN4OS. The minimum atomic E-state index is -0.322. The Morgan fingerprint density at radius 2 is 2.04 bits per heavy atom. The lowest BCUT2D eigenvalue weighted by Crippen LogP contribution is -2.04. The first-order valence-corrected chi connectivity index (χ1v) is 7.27. The smallest absolute Gasteiger partial charge is 0.216 e. The molecule has 0 saturated heterocycles. The molecule has 7 heteroatoms. The summed E-state index contributed by atoms with van der Waals surface area (Å²) in [5.74, 6) is 0.922. The van der Waals surface area contributed by atoms with Gasteiger partial charge in [-0.2, -0.15) is 14.9 Å². The van der Waals surface area contributed by atoms with Gasteiger partial charge in [-0.25, -0.2) is 9.49 Å². The molecule has 0 fully saturated rings. The average molecular weight is 328 g/mol. The van der Waals surface area contributed by atoms with Gasteiger partial charge in [0.2, 0.25) is 4.77 Å². The van der Waals surface area contributed by atoms with Gasteiger partial charge in [0.15, 0.2) is 5.82 Å². The molecule has 0 aliphatic carbocycles. The van der Waals surface area contributed by atoms with Crippen LogP contribution in [-0.2, 0) is 6.61 Å². The number of nitrogens with zero attached hydrogens (tertiary/aromatic N) is 3. The first-order valence-electron chi connectivity index (χ1n) is 6.86. The van der Waals surface area contributed by atoms with E-state index in [0.29, 0.717) is 16.2 Å². The molecule has 1 heterocycles. The summed E-state index contributed by atoms with van der Waals surface area (Å²) in [5.41, 5.74) is 0.628. The highest BCUT2D eigenvalue weighted by Crippen LogP contribution is 2.11. The number of aromatic amines is 1. The Morgan fingerprint density at radius 1 is 1.22 bits per heavy atom. The molecule has 5 nitrogen and oxygen atoms in total. The van der Waals surface area contributed by atoms with E-state index < -0.39 is 0 Å². The Labute approximate surface area is 137 Å². The first kappa shape index (κ1) is 15.1. The predicted octanol–water partition coefficient (Wildman–Crippen LogP) is 3.54. The molecule has 23 heavy (non-hydrogen) atoms. The Balaban J connectivity index is 1.77. The third-order valence-corrected chi connectivity index (χ3v) is 3.26. The van der Waals surface area contributed by atoms with Gasteiger partial charge in [0.05, 0.1) is 6.21 Å². The summed E-state index contributed by atoms with van der Waals surface area (Å²) in [6, 6.07) is 15.5. The van der Waals surface area contributed by atoms with Gasteiger partial charge in [-0.05, 0) is 42.0 Å². The van der Waals surface area contributed by atoms with Crippen LogP contribution < -0.4 is 4.74 Å². The van der Waals surface area contributed by atoms with Gasteiger partial charge >= 0.3 is 0 Å². The topological polar surface area (TPSA) is 55.2 Å². The van der Waals surface area contributed by atoms with E-state index >= 15 is 0 Å². The Morgan fingerprint density at radius 3 is 2.83 bits per heavy atom. The molecule has 116 valence electrons. The number of hydrogen-bond acceptors (Lipinski definition) is 4. The lowest BCUT2D eigenvalue weighted by Gasteiger charge is -2.04. The number of aromatic nitrogens is 3. The lowest BCUT2D eigenvalue weighted by atomic mass is 10.2. The fourth-order valence-electron chi connectivity index (χ4n) is 1.91. The monoisotopic (exact) mass is 328 g/mol. The number of H-pyrrole nitrogens is 1. The number of hydrogen-bond donors (Lipinski definition) is 1. The normalized spacial score (nSPS) is 11.0. The van der Waals surface area contributed by atoms with Crippen LogP contribution >= 0.6 is 12.2 Å². The molecule has 2 aromatic carbocycles. The Bertz CT molecular complexity index is 873. The molecular weight excluding hydrogens is 315 g/mol. The lowest BCUT2D eigenvalue weighted by molar-refractivity contribution is 0.290. The maximum atomic E-state index is 13.2. The van der Waals surface area contributed by atoms with Crippen molar-refractivity contribution in [3.05, 3.63) is 76.6 Å². The molecule has 3 aromatic rings. The largest absolute Gasteiger partial charge is 0.486 e. The highest BCUT2D eigenvalue weighted by Gasteiger charge is 2.06. The van der Waals surface area contributed by atoms with E-state index in [9.17, 15) is 4.39 Å². The highest BCUT2D eigenvalue weighted by atomic mass is 32.1. The number of rotatable bonds is 5. The molecule has 0 aliphatic heterocycles. The maximum absolute atomic E-state index is 13.2. The third kappa shape index (κ3) is 3.89. The van der Waals surface area contributed by atoms with Gasteiger partial charge in [0.25, 0.3) is 0 Å². The van der Waals surface area contributed by atoms with Crippen LogP contribution in [0.4, 0.5) is 4.39 Å². The number of halogens is 1. The summed E-state index contributed by atoms with van der Waals surface area (Å²) >= 11 is 5.15. The van der Waals surface area contributed by atoms with Crippen molar-refractivity contribution >= 4 is 18.4 Å². The van der Waals surface area contributed by atoms with Crippen molar-refractivity contribution in [1.29, 1.82) is 0 Å². The molecule has 0 bridgehead atoms. The summed E-state index contributed by atoms with van der Waals surface area (Å²) in [7, 11) is 0. The summed E-state index contributed by atoms with van der Waals surface area (Å²) in [6.07, 6.45) is 1.51. The van der Waals surface area contributed by atoms with Crippen molar-refractivity contribution in [3.8, 4) is 5.75 Å². The number of nitrogens with one attached hydrogen (secondary N) is 1. The molecule has 1 aromatic heterocycles. The Hall–Kier alpha value is -2.80. The summed E-state index contributed by atoms with van der Waals surface area (Å²) in [5, 5.41) is 11.0. The second kappa shape index (κ2) is 6.97. The van der Waals surface area contributed by atoms with E-state index in [-0.39, 0.29) is 12.4 Å². The van der Waals surface area contributed by atoms with E-state index in [0.717, 1.165) is 5.75 Å². The van der Waals surface area contributed by atoms with Crippen LogP contribution in [0.25, 0.3) is 0 Å². The van der Waals surface area contributed by atoms with Gasteiger partial charge in [0, 0.05) is 0 Å². The minimum Gasteiger partial charge on any atom is -0.486 e. The van der Waals surface area contributed by atoms with Gasteiger partial charge in [-0.3, -0.25) is 0 Å². The fraction of sp³-hybridized carbons (Fsp3) is 0.0625. The van der Waals surface area contributed by atoms with Gasteiger partial charge in [0.1, 0.15) is 18.2 Å². The van der Waals surface area contributed by atoms with Crippen LogP contribution in [0.1, 0.15) is 11.4 Å². The molecule has 0 aliphatic rings. The molecule has 0 saturated carbocycles. The number of ether oxygens (including phenoxy) is 1. The quantitative estimate of drug-likeness (QED) is 0.576. The van der Waals surface area contributed by atoms with Crippen LogP contribution in [0.5, 0.6) is 5.75 Å². The summed E-state index contributed by atoms with van der Waals surface area (Å²) in [6.45, 7) is 0.206. The molecule has 0 atom stereocenters. The van der Waals surface area contributed by atoms with Crippen LogP contribution in [0.3, 0.4) is 0 Å². The summed E-state index contributed by atoms with van der Waals surface area (Å²) < 4.78 is 20.6. The predicted molar refractivity (Wildman–Crippen MR) is 87.6 cm³/mol.